The SMILES string of the molecule is C=C/C(C(=O)c1ccc(F)cc1)=C(\C)N.CCCCCC.Cc1ccc2nc(C)[nH]c2c1. The van der Waals surface area contributed by atoms with Crippen molar-refractivity contribution in [1.29, 1.82) is 0 Å². The molecule has 0 aliphatic rings. The Morgan fingerprint density at radius 1 is 1.09 bits per heavy atom. The van der Waals surface area contributed by atoms with E-state index >= 15 is 0 Å². The highest BCUT2D eigenvalue weighted by Crippen LogP contribution is 2.13. The smallest absolute Gasteiger partial charge is 0.194 e. The molecule has 0 amide bonds. The Balaban J connectivity index is 0.000000263. The number of halogens is 1. The van der Waals surface area contributed by atoms with Gasteiger partial charge in [0.15, 0.2) is 5.78 Å². The average molecular weight is 438 g/mol. The topological polar surface area (TPSA) is 71.8 Å². The van der Waals surface area contributed by atoms with E-state index in [9.17, 15) is 9.18 Å². The van der Waals surface area contributed by atoms with Gasteiger partial charge in [-0.25, -0.2) is 9.37 Å². The number of hydrogen-bond acceptors (Lipinski definition) is 3. The lowest BCUT2D eigenvalue weighted by Gasteiger charge is -2.03. The number of ketones is 1. The molecule has 1 heterocycles. The van der Waals surface area contributed by atoms with E-state index in [2.05, 4.69) is 49.5 Å². The van der Waals surface area contributed by atoms with E-state index in [4.69, 9.17) is 5.73 Å². The van der Waals surface area contributed by atoms with Gasteiger partial charge in [-0.2, -0.15) is 0 Å². The molecule has 0 aliphatic heterocycles. The molecular weight excluding hydrogens is 401 g/mol. The molecule has 2 aromatic carbocycles. The summed E-state index contributed by atoms with van der Waals surface area (Å²) in [5.74, 6) is 0.357. The third-order valence-electron chi connectivity index (χ3n) is 4.69. The molecule has 0 bridgehead atoms. The van der Waals surface area contributed by atoms with Gasteiger partial charge in [0.1, 0.15) is 11.6 Å². The molecule has 0 spiro atoms. The van der Waals surface area contributed by atoms with Gasteiger partial charge in [-0.1, -0.05) is 58.3 Å². The van der Waals surface area contributed by atoms with Crippen LogP contribution < -0.4 is 5.73 Å². The summed E-state index contributed by atoms with van der Waals surface area (Å²) in [5.41, 5.74) is 10.1. The molecule has 0 fully saturated rings. The van der Waals surface area contributed by atoms with E-state index in [1.807, 2.05) is 13.0 Å². The highest BCUT2D eigenvalue weighted by atomic mass is 19.1. The first-order chi connectivity index (χ1) is 15.2. The lowest BCUT2D eigenvalue weighted by atomic mass is 10.0. The van der Waals surface area contributed by atoms with E-state index in [0.717, 1.165) is 16.9 Å². The second kappa shape index (κ2) is 14.0. The quantitative estimate of drug-likeness (QED) is 0.185. The van der Waals surface area contributed by atoms with E-state index in [-0.39, 0.29) is 11.6 Å². The first-order valence-corrected chi connectivity index (χ1v) is 11.0. The number of nitrogens with two attached hydrogens (primary N) is 1. The van der Waals surface area contributed by atoms with Crippen molar-refractivity contribution in [2.24, 2.45) is 5.73 Å². The minimum absolute atomic E-state index is 0.245. The van der Waals surface area contributed by atoms with Crippen molar-refractivity contribution in [3.8, 4) is 0 Å². The summed E-state index contributed by atoms with van der Waals surface area (Å²) in [6.45, 7) is 13.6. The largest absolute Gasteiger partial charge is 0.402 e. The monoisotopic (exact) mass is 437 g/mol. The van der Waals surface area contributed by atoms with Crippen molar-refractivity contribution in [3.05, 3.63) is 89.2 Å². The summed E-state index contributed by atoms with van der Waals surface area (Å²) >= 11 is 0. The Bertz CT molecular complexity index is 1020. The summed E-state index contributed by atoms with van der Waals surface area (Å²) in [6, 6.07) is 11.5. The van der Waals surface area contributed by atoms with Crippen LogP contribution in [0.15, 0.2) is 66.4 Å². The van der Waals surface area contributed by atoms with Gasteiger partial charge in [-0.05, 0) is 62.7 Å². The maximum absolute atomic E-state index is 12.6. The summed E-state index contributed by atoms with van der Waals surface area (Å²) in [6.07, 6.45) is 6.94. The Morgan fingerprint density at radius 3 is 2.19 bits per heavy atom. The molecule has 0 aliphatic carbocycles. The molecule has 4 nitrogen and oxygen atoms in total. The number of aromatic nitrogens is 2. The minimum atomic E-state index is -0.375. The van der Waals surface area contributed by atoms with Crippen LogP contribution >= 0.6 is 0 Å². The lowest BCUT2D eigenvalue weighted by molar-refractivity contribution is 0.103. The number of aryl methyl sites for hydroxylation is 2. The molecule has 5 heteroatoms. The van der Waals surface area contributed by atoms with Crippen molar-refractivity contribution in [1.82, 2.24) is 9.97 Å². The van der Waals surface area contributed by atoms with Gasteiger partial charge < -0.3 is 10.7 Å². The number of fused-ring (bicyclic) bond motifs is 1. The number of unbranched alkanes of at least 4 members (excludes halogenated alkanes) is 3. The number of H-pyrrole nitrogens is 1. The summed E-state index contributed by atoms with van der Waals surface area (Å²) in [4.78, 5) is 19.3. The number of nitrogens with zero attached hydrogens (tertiary/aromatic N) is 1. The predicted molar refractivity (Wildman–Crippen MR) is 133 cm³/mol. The third-order valence-corrected chi connectivity index (χ3v) is 4.69. The van der Waals surface area contributed by atoms with Gasteiger partial charge >= 0.3 is 0 Å². The van der Waals surface area contributed by atoms with Crippen LogP contribution in [-0.2, 0) is 0 Å². The third kappa shape index (κ3) is 8.88. The number of carbonyl (C=O) groups excluding carboxylic acids is 1. The van der Waals surface area contributed by atoms with Crippen LogP contribution in [0.3, 0.4) is 0 Å². The van der Waals surface area contributed by atoms with Crippen molar-refractivity contribution >= 4 is 16.8 Å². The molecule has 0 unspecified atom stereocenters. The molecule has 0 radical (unpaired) electrons. The average Bonchev–Trinajstić information content (AvgIpc) is 3.13. The standard InChI is InChI=1S/C12H12FNO.C9H10N2.C6H14/c1-3-11(8(2)14)12(15)9-4-6-10(13)7-5-9;1-6-3-4-8-9(5-6)11-7(2)10-8;1-3-5-6-4-2/h3-7H,1,14H2,2H3;3-5H,1-2H3,(H,10,11);3-6H2,1-2H3/b11-8-;;. The fraction of sp³-hybridized carbons (Fsp3) is 0.333. The van der Waals surface area contributed by atoms with E-state index in [1.54, 1.807) is 6.92 Å². The van der Waals surface area contributed by atoms with Crippen LogP contribution in [0.5, 0.6) is 0 Å². The van der Waals surface area contributed by atoms with Crippen LogP contribution in [0.25, 0.3) is 11.0 Å². The zero-order chi connectivity index (χ0) is 24.1. The minimum Gasteiger partial charge on any atom is -0.402 e. The molecule has 1 aromatic heterocycles. The number of imidazole rings is 1. The molecule has 32 heavy (non-hydrogen) atoms. The number of allylic oxidation sites excluding steroid dienone is 3. The molecule has 3 aromatic rings. The maximum Gasteiger partial charge on any atom is 0.194 e. The number of carbonyl (C=O) groups is 1. The molecule has 172 valence electrons. The number of benzene rings is 2. The highest BCUT2D eigenvalue weighted by Gasteiger charge is 2.10. The second-order valence-electron chi connectivity index (χ2n) is 7.69. The Hall–Kier alpha value is -3.21. The Labute approximate surface area is 191 Å². The summed E-state index contributed by atoms with van der Waals surface area (Å²) < 4.78 is 12.6. The number of rotatable bonds is 6. The van der Waals surface area contributed by atoms with Crippen LogP contribution in [0.1, 0.15) is 68.2 Å². The Morgan fingerprint density at radius 2 is 1.69 bits per heavy atom. The van der Waals surface area contributed by atoms with Crippen LogP contribution in [0, 0.1) is 19.7 Å². The van der Waals surface area contributed by atoms with Gasteiger partial charge in [-0.15, -0.1) is 0 Å². The van der Waals surface area contributed by atoms with E-state index in [0.29, 0.717) is 16.8 Å². The van der Waals surface area contributed by atoms with Crippen molar-refractivity contribution in [2.75, 3.05) is 0 Å². The van der Waals surface area contributed by atoms with Gasteiger partial charge in [0.05, 0.1) is 11.0 Å². The molecule has 0 saturated carbocycles. The number of Topliss-reactive ketones (excluding diaryl/α,β-unsaturated/α-hetero) is 1. The molecule has 3 rings (SSSR count). The molecule has 0 saturated heterocycles. The first kappa shape index (κ1) is 26.8. The number of aromatic amines is 1. The zero-order valence-corrected chi connectivity index (χ0v) is 20.0. The van der Waals surface area contributed by atoms with E-state index < -0.39 is 0 Å². The molecule has 0 atom stereocenters. The molecular formula is C27H36FN3O. The van der Waals surface area contributed by atoms with E-state index in [1.165, 1.54) is 61.6 Å². The normalized spacial score (nSPS) is 10.9. The zero-order valence-electron chi connectivity index (χ0n) is 20.0. The summed E-state index contributed by atoms with van der Waals surface area (Å²) in [5, 5.41) is 0. The van der Waals surface area contributed by atoms with Crippen LogP contribution in [0.2, 0.25) is 0 Å². The van der Waals surface area contributed by atoms with Crippen molar-refractivity contribution in [2.45, 2.75) is 60.3 Å². The van der Waals surface area contributed by atoms with Crippen LogP contribution in [0.4, 0.5) is 4.39 Å². The van der Waals surface area contributed by atoms with Gasteiger partial charge in [0.2, 0.25) is 0 Å². The Kier molecular flexibility index (Phi) is 11.7. The fourth-order valence-corrected chi connectivity index (χ4v) is 2.94. The fourth-order valence-electron chi connectivity index (χ4n) is 2.94. The number of hydrogen-bond donors (Lipinski definition) is 2. The summed E-state index contributed by atoms with van der Waals surface area (Å²) in [7, 11) is 0. The van der Waals surface area contributed by atoms with Crippen LogP contribution in [-0.4, -0.2) is 15.8 Å². The molecule has 3 N–H and O–H groups in total. The van der Waals surface area contributed by atoms with Crippen molar-refractivity contribution < 1.29 is 9.18 Å². The van der Waals surface area contributed by atoms with Gasteiger partial charge in [-0.3, -0.25) is 4.79 Å². The first-order valence-electron chi connectivity index (χ1n) is 11.0. The van der Waals surface area contributed by atoms with Gasteiger partial charge in [0.25, 0.3) is 0 Å². The van der Waals surface area contributed by atoms with Crippen molar-refractivity contribution in [3.63, 3.8) is 0 Å². The lowest BCUT2D eigenvalue weighted by Crippen LogP contribution is -2.07. The second-order valence-corrected chi connectivity index (χ2v) is 7.69. The number of nitrogens with one attached hydrogen (secondary N) is 1. The highest BCUT2D eigenvalue weighted by molar-refractivity contribution is 6.10. The van der Waals surface area contributed by atoms with Gasteiger partial charge in [0, 0.05) is 16.8 Å². The maximum atomic E-state index is 12.6. The predicted octanol–water partition coefficient (Wildman–Crippen LogP) is 7.19.